The third-order valence-electron chi connectivity index (χ3n) is 10.6. The predicted molar refractivity (Wildman–Crippen MR) is 219 cm³/mol. The van der Waals surface area contributed by atoms with E-state index in [-0.39, 0.29) is 0 Å². The van der Waals surface area contributed by atoms with Gasteiger partial charge < -0.3 is 13.7 Å². The number of furan rings is 2. The summed E-state index contributed by atoms with van der Waals surface area (Å²) in [6.07, 6.45) is 4.35. The zero-order valence-corrected chi connectivity index (χ0v) is 29.0. The molecule has 7 aromatic carbocycles. The molecule has 3 nitrogen and oxygen atoms in total. The molecule has 11 rings (SSSR count). The molecule has 10 aromatic rings. The summed E-state index contributed by atoms with van der Waals surface area (Å²) in [4.78, 5) is 2.48. The summed E-state index contributed by atoms with van der Waals surface area (Å²) < 4.78 is 15.4. The Balaban J connectivity index is 1.13. The van der Waals surface area contributed by atoms with Crippen LogP contribution in [0.3, 0.4) is 0 Å². The molecule has 0 atom stereocenters. The van der Waals surface area contributed by atoms with Crippen molar-refractivity contribution in [3.63, 3.8) is 0 Å². The first-order valence-corrected chi connectivity index (χ1v) is 18.6. The van der Waals surface area contributed by atoms with Gasteiger partial charge in [0, 0.05) is 54.3 Å². The lowest BCUT2D eigenvalue weighted by molar-refractivity contribution is 0.669. The summed E-state index contributed by atoms with van der Waals surface area (Å²) >= 11 is 1.92. The second kappa shape index (κ2) is 11.6. The minimum Gasteiger partial charge on any atom is -0.456 e. The maximum atomic E-state index is 6.43. The fourth-order valence-electron chi connectivity index (χ4n) is 8.16. The lowest BCUT2D eigenvalue weighted by atomic mass is 10.0. The van der Waals surface area contributed by atoms with Gasteiger partial charge in [-0.2, -0.15) is 0 Å². The molecule has 3 heterocycles. The second-order valence-electron chi connectivity index (χ2n) is 13.5. The zero-order chi connectivity index (χ0) is 34.2. The smallest absolute Gasteiger partial charge is 0.143 e. The molecular formula is C48H31NO2S. The number of para-hydroxylation sites is 3. The molecule has 4 heteroatoms. The van der Waals surface area contributed by atoms with E-state index in [2.05, 4.69) is 144 Å². The van der Waals surface area contributed by atoms with Crippen molar-refractivity contribution in [3.8, 4) is 22.3 Å². The fraction of sp³-hybridized carbons (Fsp3) is 0.0417. The summed E-state index contributed by atoms with van der Waals surface area (Å²) in [5.74, 6) is 0. The van der Waals surface area contributed by atoms with Gasteiger partial charge in [-0.3, -0.25) is 0 Å². The van der Waals surface area contributed by atoms with Crippen LogP contribution in [0.4, 0.5) is 11.4 Å². The third-order valence-corrected chi connectivity index (χ3v) is 11.9. The Morgan fingerprint density at radius 3 is 1.94 bits per heavy atom. The van der Waals surface area contributed by atoms with Crippen LogP contribution < -0.4 is 14.7 Å². The minimum atomic E-state index is 0.899. The van der Waals surface area contributed by atoms with Gasteiger partial charge in [0.05, 0.1) is 4.53 Å². The highest BCUT2D eigenvalue weighted by Gasteiger charge is 2.22. The van der Waals surface area contributed by atoms with Gasteiger partial charge in [-0.15, -0.1) is 11.3 Å². The molecule has 52 heavy (non-hydrogen) atoms. The van der Waals surface area contributed by atoms with Crippen molar-refractivity contribution in [1.82, 2.24) is 0 Å². The largest absolute Gasteiger partial charge is 0.456 e. The molecule has 246 valence electrons. The number of anilines is 2. The minimum absolute atomic E-state index is 0.899. The molecule has 3 aromatic heterocycles. The van der Waals surface area contributed by atoms with Crippen molar-refractivity contribution >= 4 is 88.4 Å². The van der Waals surface area contributed by atoms with E-state index in [1.54, 1.807) is 0 Å². The van der Waals surface area contributed by atoms with E-state index in [0.29, 0.717) is 0 Å². The summed E-state index contributed by atoms with van der Waals surface area (Å²) in [5.41, 5.74) is 12.0. The molecule has 0 spiro atoms. The van der Waals surface area contributed by atoms with E-state index in [9.17, 15) is 0 Å². The number of rotatable bonds is 5. The van der Waals surface area contributed by atoms with Crippen molar-refractivity contribution < 1.29 is 8.83 Å². The van der Waals surface area contributed by atoms with Crippen molar-refractivity contribution in [2.24, 2.45) is 0 Å². The van der Waals surface area contributed by atoms with E-state index in [0.717, 1.165) is 79.2 Å². The van der Waals surface area contributed by atoms with Crippen LogP contribution in [-0.2, 0) is 0 Å². The van der Waals surface area contributed by atoms with Crippen LogP contribution in [-0.4, -0.2) is 0 Å². The molecule has 0 N–H and O–H groups in total. The lowest BCUT2D eigenvalue weighted by Gasteiger charge is -2.29. The van der Waals surface area contributed by atoms with E-state index in [4.69, 9.17) is 8.83 Å². The lowest BCUT2D eigenvalue weighted by Crippen LogP contribution is -2.31. The second-order valence-corrected chi connectivity index (χ2v) is 14.5. The van der Waals surface area contributed by atoms with Crippen LogP contribution in [0.1, 0.15) is 12.8 Å². The van der Waals surface area contributed by atoms with Gasteiger partial charge in [0.15, 0.2) is 0 Å². The molecule has 0 saturated carbocycles. The van der Waals surface area contributed by atoms with Gasteiger partial charge in [0.25, 0.3) is 0 Å². The number of hydrogen-bond donors (Lipinski definition) is 0. The van der Waals surface area contributed by atoms with E-state index in [1.165, 1.54) is 36.7 Å². The maximum absolute atomic E-state index is 6.43. The summed E-state index contributed by atoms with van der Waals surface area (Å²) in [6, 6.07) is 56.2. The van der Waals surface area contributed by atoms with Gasteiger partial charge in [0.2, 0.25) is 0 Å². The Morgan fingerprint density at radius 2 is 1.12 bits per heavy atom. The number of thiophene rings is 1. The molecule has 1 aliphatic rings. The van der Waals surface area contributed by atoms with Crippen molar-refractivity contribution in [1.29, 1.82) is 0 Å². The van der Waals surface area contributed by atoms with Gasteiger partial charge in [-0.05, 0) is 77.2 Å². The third kappa shape index (κ3) is 4.51. The SMILES string of the molecule is C1=c2c(sc3c(-c4ccccc4)cccc23)=C(N(c2ccc(-c3cccc4c3oc3ccccc34)cc2)c2ccc3oc4ccccc4c3c2)CC1. The number of benzene rings is 7. The highest BCUT2D eigenvalue weighted by molar-refractivity contribution is 7.17. The number of hydrogen-bond acceptors (Lipinski definition) is 4. The van der Waals surface area contributed by atoms with Crippen molar-refractivity contribution in [3.05, 3.63) is 167 Å². The number of fused-ring (bicyclic) bond motifs is 9. The summed E-state index contributed by atoms with van der Waals surface area (Å²) in [5, 5.41) is 7.20. The van der Waals surface area contributed by atoms with Crippen LogP contribution in [0.5, 0.6) is 0 Å². The summed E-state index contributed by atoms with van der Waals surface area (Å²) in [6.45, 7) is 0. The zero-order valence-electron chi connectivity index (χ0n) is 28.2. The van der Waals surface area contributed by atoms with Crippen molar-refractivity contribution in [2.75, 3.05) is 4.90 Å². The Morgan fingerprint density at radius 1 is 0.481 bits per heavy atom. The Hall–Kier alpha value is -6.36. The van der Waals surface area contributed by atoms with Gasteiger partial charge in [-0.25, -0.2) is 0 Å². The molecule has 0 saturated heterocycles. The highest BCUT2D eigenvalue weighted by atomic mass is 32.1. The van der Waals surface area contributed by atoms with Crippen LogP contribution in [0.15, 0.2) is 167 Å². The van der Waals surface area contributed by atoms with E-state index in [1.807, 2.05) is 35.6 Å². The molecule has 0 unspecified atom stereocenters. The van der Waals surface area contributed by atoms with Gasteiger partial charge >= 0.3 is 0 Å². The number of nitrogens with zero attached hydrogens (tertiary/aromatic N) is 1. The predicted octanol–water partition coefficient (Wildman–Crippen LogP) is 12.6. The maximum Gasteiger partial charge on any atom is 0.143 e. The van der Waals surface area contributed by atoms with Crippen LogP contribution in [0, 0.1) is 0 Å². The average molecular weight is 686 g/mol. The van der Waals surface area contributed by atoms with Crippen LogP contribution in [0.2, 0.25) is 0 Å². The van der Waals surface area contributed by atoms with Crippen molar-refractivity contribution in [2.45, 2.75) is 12.8 Å². The Bertz CT molecular complexity index is 3130. The van der Waals surface area contributed by atoms with E-state index < -0.39 is 0 Å². The summed E-state index contributed by atoms with van der Waals surface area (Å²) in [7, 11) is 0. The molecule has 0 fully saturated rings. The highest BCUT2D eigenvalue weighted by Crippen LogP contribution is 2.41. The Labute approximate surface area is 303 Å². The monoisotopic (exact) mass is 685 g/mol. The van der Waals surface area contributed by atoms with E-state index >= 15 is 0 Å². The van der Waals surface area contributed by atoms with Gasteiger partial charge in [0.1, 0.15) is 22.3 Å². The molecule has 0 bridgehead atoms. The topological polar surface area (TPSA) is 29.5 Å². The molecule has 0 aliphatic heterocycles. The first-order chi connectivity index (χ1) is 25.8. The quantitative estimate of drug-likeness (QED) is 0.181. The molecule has 0 amide bonds. The molecule has 1 aliphatic carbocycles. The van der Waals surface area contributed by atoms with Gasteiger partial charge in [-0.1, -0.05) is 121 Å². The van der Waals surface area contributed by atoms with Crippen LogP contribution in [0.25, 0.3) is 88.0 Å². The molecule has 0 radical (unpaired) electrons. The normalized spacial score (nSPS) is 13.0. The molecular weight excluding hydrogens is 655 g/mol. The first kappa shape index (κ1) is 29.4. The fourth-order valence-corrected chi connectivity index (χ4v) is 9.56. The standard InChI is InChI=1S/C48H31NO2S/c1-2-11-30(12-3-1)35-16-9-18-39-40-19-10-20-42(48(40)52-47(35)39)49(33-27-28-45-41(29-33)37-14-5-6-21-43(37)50-45)32-25-23-31(24-26-32)34-15-8-17-38-36-13-4-7-22-44(36)51-46(34)38/h1-9,11-19,21-29H,10,20H2. The van der Waals surface area contributed by atoms with Crippen LogP contribution >= 0.6 is 11.3 Å². The average Bonchev–Trinajstić information content (AvgIpc) is 3.90. The Kier molecular flexibility index (Phi) is 6.55. The first-order valence-electron chi connectivity index (χ1n) is 17.8.